The first-order valence-corrected chi connectivity index (χ1v) is 18.5. The van der Waals surface area contributed by atoms with E-state index in [4.69, 9.17) is 0 Å². The predicted octanol–water partition coefficient (Wildman–Crippen LogP) is 14.3. The average molecular weight is 670 g/mol. The third-order valence-electron chi connectivity index (χ3n) is 10.9. The Morgan fingerprint density at radius 3 is 1.88 bits per heavy atom. The van der Waals surface area contributed by atoms with E-state index in [1.807, 2.05) is 11.3 Å². The molecule has 0 saturated carbocycles. The highest BCUT2D eigenvalue weighted by Crippen LogP contribution is 2.52. The molecule has 2 heteroatoms. The van der Waals surface area contributed by atoms with Gasteiger partial charge in [-0.1, -0.05) is 147 Å². The van der Waals surface area contributed by atoms with Gasteiger partial charge in [-0.15, -0.1) is 11.3 Å². The second-order valence-corrected chi connectivity index (χ2v) is 15.2. The van der Waals surface area contributed by atoms with Gasteiger partial charge in [0.2, 0.25) is 0 Å². The second kappa shape index (κ2) is 11.6. The Labute approximate surface area is 302 Å². The molecular formula is C49H35NS. The Kier molecular flexibility index (Phi) is 6.78. The molecule has 0 atom stereocenters. The van der Waals surface area contributed by atoms with Crippen LogP contribution in [0.3, 0.4) is 0 Å². The Hall–Kier alpha value is -5.96. The average Bonchev–Trinajstić information content (AvgIpc) is 3.67. The highest BCUT2D eigenvalue weighted by molar-refractivity contribution is 7.26. The standard InChI is InChI=1S/C49H35NS/c1-49(2)44-30-35(39-18-11-19-43-42-17-8-9-21-47(42)51-48(39)43)24-28-40(44)41-29-27-37(31-45(41)49)50(46-20-10-15-34-14-6-7-16-38(34)46)36-25-22-33(23-26-36)32-12-4-3-5-13-32/h3-31H,1-2H3. The maximum Gasteiger partial charge on any atom is 0.0540 e. The number of fused-ring (bicyclic) bond motifs is 7. The monoisotopic (exact) mass is 669 g/mol. The lowest BCUT2D eigenvalue weighted by molar-refractivity contribution is 0.660. The molecule has 0 amide bonds. The Bertz CT molecular complexity index is 2770. The van der Waals surface area contributed by atoms with Gasteiger partial charge in [0.1, 0.15) is 0 Å². The molecule has 1 aromatic heterocycles. The minimum atomic E-state index is -0.174. The second-order valence-electron chi connectivity index (χ2n) is 14.1. The van der Waals surface area contributed by atoms with Crippen LogP contribution in [0, 0.1) is 0 Å². The van der Waals surface area contributed by atoms with Crippen LogP contribution in [0.25, 0.3) is 64.3 Å². The van der Waals surface area contributed by atoms with Crippen molar-refractivity contribution < 1.29 is 0 Å². The van der Waals surface area contributed by atoms with Gasteiger partial charge in [-0.3, -0.25) is 0 Å². The SMILES string of the molecule is CC1(C)c2cc(-c3cccc4c3sc3ccccc34)ccc2-c2ccc(N(c3ccc(-c4ccccc4)cc3)c3cccc4ccccc34)cc21. The first-order valence-electron chi connectivity index (χ1n) is 17.7. The summed E-state index contributed by atoms with van der Waals surface area (Å²) in [5, 5.41) is 5.14. The molecule has 0 N–H and O–H groups in total. The number of nitrogens with zero attached hydrogens (tertiary/aromatic N) is 1. The van der Waals surface area contributed by atoms with Crippen molar-refractivity contribution in [2.75, 3.05) is 4.90 Å². The van der Waals surface area contributed by atoms with Gasteiger partial charge in [-0.2, -0.15) is 0 Å². The summed E-state index contributed by atoms with van der Waals surface area (Å²) < 4.78 is 2.70. The van der Waals surface area contributed by atoms with Gasteiger partial charge in [0.05, 0.1) is 5.69 Å². The third-order valence-corrected chi connectivity index (χ3v) is 12.1. The smallest absolute Gasteiger partial charge is 0.0540 e. The van der Waals surface area contributed by atoms with Gasteiger partial charge in [0, 0.05) is 42.3 Å². The molecule has 0 radical (unpaired) electrons. The van der Waals surface area contributed by atoms with E-state index in [-0.39, 0.29) is 5.41 Å². The summed E-state index contributed by atoms with van der Waals surface area (Å²) in [6, 6.07) is 64.7. The van der Waals surface area contributed by atoms with Crippen molar-refractivity contribution in [1.82, 2.24) is 0 Å². The van der Waals surface area contributed by atoms with Crippen LogP contribution in [0.4, 0.5) is 17.1 Å². The van der Waals surface area contributed by atoms with Crippen LogP contribution in [0.2, 0.25) is 0 Å². The van der Waals surface area contributed by atoms with Gasteiger partial charge >= 0.3 is 0 Å². The summed E-state index contributed by atoms with van der Waals surface area (Å²) in [6.45, 7) is 4.78. The van der Waals surface area contributed by atoms with Gasteiger partial charge in [-0.25, -0.2) is 0 Å². The first kappa shape index (κ1) is 29.9. The quantitative estimate of drug-likeness (QED) is 0.176. The van der Waals surface area contributed by atoms with E-state index in [9.17, 15) is 0 Å². The molecule has 10 rings (SSSR count). The molecule has 1 nitrogen and oxygen atoms in total. The number of hydrogen-bond acceptors (Lipinski definition) is 2. The van der Waals surface area contributed by atoms with E-state index in [0.717, 1.165) is 11.4 Å². The zero-order valence-electron chi connectivity index (χ0n) is 28.6. The molecule has 0 saturated heterocycles. The zero-order valence-corrected chi connectivity index (χ0v) is 29.4. The van der Waals surface area contributed by atoms with Crippen molar-refractivity contribution in [3.8, 4) is 33.4 Å². The summed E-state index contributed by atoms with van der Waals surface area (Å²) in [5.74, 6) is 0. The molecule has 51 heavy (non-hydrogen) atoms. The highest BCUT2D eigenvalue weighted by atomic mass is 32.1. The molecule has 1 heterocycles. The van der Waals surface area contributed by atoms with E-state index in [2.05, 4.69) is 195 Å². The number of hydrogen-bond donors (Lipinski definition) is 0. The summed E-state index contributed by atoms with van der Waals surface area (Å²) in [4.78, 5) is 2.43. The molecule has 0 spiro atoms. The Morgan fingerprint density at radius 1 is 0.431 bits per heavy atom. The molecule has 1 aliphatic carbocycles. The fourth-order valence-electron chi connectivity index (χ4n) is 8.27. The van der Waals surface area contributed by atoms with Crippen LogP contribution in [-0.2, 0) is 5.41 Å². The van der Waals surface area contributed by atoms with Gasteiger partial charge in [-0.05, 0) is 92.4 Å². The van der Waals surface area contributed by atoms with Crippen molar-refractivity contribution in [2.45, 2.75) is 19.3 Å². The fourth-order valence-corrected chi connectivity index (χ4v) is 9.51. The van der Waals surface area contributed by atoms with E-state index in [1.165, 1.54) is 81.1 Å². The van der Waals surface area contributed by atoms with Crippen LogP contribution in [0.1, 0.15) is 25.0 Å². The van der Waals surface area contributed by atoms with Crippen molar-refractivity contribution in [1.29, 1.82) is 0 Å². The largest absolute Gasteiger partial charge is 0.310 e. The normalized spacial score (nSPS) is 13.1. The molecule has 8 aromatic carbocycles. The van der Waals surface area contributed by atoms with Crippen LogP contribution >= 0.6 is 11.3 Å². The lowest BCUT2D eigenvalue weighted by Gasteiger charge is -2.29. The summed E-state index contributed by atoms with van der Waals surface area (Å²) in [7, 11) is 0. The van der Waals surface area contributed by atoms with E-state index < -0.39 is 0 Å². The van der Waals surface area contributed by atoms with E-state index in [1.54, 1.807) is 0 Å². The van der Waals surface area contributed by atoms with Crippen LogP contribution < -0.4 is 4.90 Å². The molecular weight excluding hydrogens is 635 g/mol. The fraction of sp³-hybridized carbons (Fsp3) is 0.0612. The molecule has 0 aliphatic heterocycles. The summed E-state index contributed by atoms with van der Waals surface area (Å²) >= 11 is 1.90. The zero-order chi connectivity index (χ0) is 34.1. The van der Waals surface area contributed by atoms with Gasteiger partial charge < -0.3 is 4.90 Å². The van der Waals surface area contributed by atoms with Crippen molar-refractivity contribution >= 4 is 59.3 Å². The van der Waals surface area contributed by atoms with Crippen molar-refractivity contribution in [2.24, 2.45) is 0 Å². The number of rotatable bonds is 5. The summed E-state index contributed by atoms with van der Waals surface area (Å²) in [5.41, 5.74) is 13.7. The van der Waals surface area contributed by atoms with Gasteiger partial charge in [0.15, 0.2) is 0 Å². The minimum Gasteiger partial charge on any atom is -0.310 e. The molecule has 9 aromatic rings. The van der Waals surface area contributed by atoms with Crippen molar-refractivity contribution in [3.05, 3.63) is 187 Å². The molecule has 242 valence electrons. The maximum absolute atomic E-state index is 2.46. The van der Waals surface area contributed by atoms with Gasteiger partial charge in [0.25, 0.3) is 0 Å². The highest BCUT2D eigenvalue weighted by Gasteiger charge is 2.36. The van der Waals surface area contributed by atoms with E-state index >= 15 is 0 Å². The van der Waals surface area contributed by atoms with Crippen LogP contribution in [0.5, 0.6) is 0 Å². The predicted molar refractivity (Wildman–Crippen MR) is 220 cm³/mol. The van der Waals surface area contributed by atoms with E-state index in [0.29, 0.717) is 0 Å². The Morgan fingerprint density at radius 2 is 1.04 bits per heavy atom. The molecule has 0 bridgehead atoms. The number of thiophene rings is 1. The number of benzene rings is 8. The Balaban J connectivity index is 1.10. The lowest BCUT2D eigenvalue weighted by Crippen LogP contribution is -2.16. The summed E-state index contributed by atoms with van der Waals surface area (Å²) in [6.07, 6.45) is 0. The molecule has 1 aliphatic rings. The molecule has 0 unspecified atom stereocenters. The third kappa shape index (κ3) is 4.75. The number of anilines is 3. The maximum atomic E-state index is 2.46. The lowest BCUT2D eigenvalue weighted by atomic mass is 9.81. The topological polar surface area (TPSA) is 3.24 Å². The molecule has 0 fully saturated rings. The van der Waals surface area contributed by atoms with Crippen LogP contribution in [0.15, 0.2) is 176 Å². The first-order chi connectivity index (χ1) is 25.0. The van der Waals surface area contributed by atoms with Crippen LogP contribution in [-0.4, -0.2) is 0 Å². The van der Waals surface area contributed by atoms with Crippen molar-refractivity contribution in [3.63, 3.8) is 0 Å². The minimum absolute atomic E-state index is 0.174.